The third-order valence-electron chi connectivity index (χ3n) is 5.42. The summed E-state index contributed by atoms with van der Waals surface area (Å²) in [4.78, 5) is 18.0. The Kier molecular flexibility index (Phi) is 6.22. The van der Waals surface area contributed by atoms with Crippen molar-refractivity contribution in [3.8, 4) is 0 Å². The van der Waals surface area contributed by atoms with Crippen molar-refractivity contribution in [2.75, 3.05) is 26.2 Å². The summed E-state index contributed by atoms with van der Waals surface area (Å²) in [5.74, 6) is -0.279. The fourth-order valence-electron chi connectivity index (χ4n) is 3.66. The van der Waals surface area contributed by atoms with Gasteiger partial charge in [-0.15, -0.1) is 0 Å². The summed E-state index contributed by atoms with van der Waals surface area (Å²) < 4.78 is 65.6. The number of sulfonamides is 1. The molecule has 1 saturated heterocycles. The van der Waals surface area contributed by atoms with Gasteiger partial charge in [0.25, 0.3) is 0 Å². The second kappa shape index (κ2) is 8.95. The van der Waals surface area contributed by atoms with Gasteiger partial charge in [0.2, 0.25) is 15.9 Å². The van der Waals surface area contributed by atoms with E-state index in [0.29, 0.717) is 6.07 Å². The number of aromatic nitrogens is 1. The standard InChI is InChI=1S/C23H20F3N3O3S/c24-23(25,26)19-7-2-8-20(16-19)33(31,32)29-14-12-28(13-15-29)21(30)10-9-18-5-1-4-17-6-3-11-27-22(17)18/h1-11,16H,12-15H2/b10-9+. The van der Waals surface area contributed by atoms with Crippen LogP contribution >= 0.6 is 0 Å². The van der Waals surface area contributed by atoms with E-state index < -0.39 is 26.7 Å². The van der Waals surface area contributed by atoms with Gasteiger partial charge in [0.05, 0.1) is 16.0 Å². The first kappa shape index (κ1) is 22.9. The Labute approximate surface area is 189 Å². The van der Waals surface area contributed by atoms with Crippen molar-refractivity contribution >= 4 is 32.9 Å². The fourth-order valence-corrected chi connectivity index (χ4v) is 5.13. The van der Waals surface area contributed by atoms with E-state index in [9.17, 15) is 26.4 Å². The number of fused-ring (bicyclic) bond motifs is 1. The van der Waals surface area contributed by atoms with Crippen molar-refractivity contribution in [3.05, 3.63) is 78.0 Å². The van der Waals surface area contributed by atoms with Gasteiger partial charge in [0.15, 0.2) is 0 Å². The highest BCUT2D eigenvalue weighted by Crippen LogP contribution is 2.31. The van der Waals surface area contributed by atoms with Gasteiger partial charge >= 0.3 is 6.18 Å². The number of nitrogens with zero attached hydrogens (tertiary/aromatic N) is 3. The number of pyridine rings is 1. The smallest absolute Gasteiger partial charge is 0.337 e. The number of rotatable bonds is 4. The molecule has 172 valence electrons. The highest BCUT2D eigenvalue weighted by atomic mass is 32.2. The summed E-state index contributed by atoms with van der Waals surface area (Å²) in [7, 11) is -4.10. The minimum atomic E-state index is -4.64. The number of carbonyl (C=O) groups is 1. The number of piperazine rings is 1. The van der Waals surface area contributed by atoms with Gasteiger partial charge in [-0.25, -0.2) is 8.42 Å². The van der Waals surface area contributed by atoms with Crippen LogP contribution in [-0.2, 0) is 21.0 Å². The zero-order valence-corrected chi connectivity index (χ0v) is 18.2. The van der Waals surface area contributed by atoms with Crippen molar-refractivity contribution in [1.82, 2.24) is 14.2 Å². The molecule has 0 aliphatic carbocycles. The van der Waals surface area contributed by atoms with Crippen LogP contribution in [0.2, 0.25) is 0 Å². The van der Waals surface area contributed by atoms with Crippen molar-refractivity contribution < 1.29 is 26.4 Å². The quantitative estimate of drug-likeness (QED) is 0.539. The second-order valence-corrected chi connectivity index (χ2v) is 9.45. The minimum absolute atomic E-state index is 0.00597. The lowest BCUT2D eigenvalue weighted by Gasteiger charge is -2.33. The van der Waals surface area contributed by atoms with Gasteiger partial charge in [0, 0.05) is 49.4 Å². The summed E-state index contributed by atoms with van der Waals surface area (Å²) in [5.41, 5.74) is 0.527. The van der Waals surface area contributed by atoms with Crippen LogP contribution in [0.5, 0.6) is 0 Å². The molecule has 2 heterocycles. The maximum atomic E-state index is 13.0. The number of alkyl halides is 3. The first-order valence-electron chi connectivity index (χ1n) is 10.1. The van der Waals surface area contributed by atoms with E-state index in [-0.39, 0.29) is 32.1 Å². The molecule has 3 aromatic rings. The maximum absolute atomic E-state index is 13.0. The molecule has 1 aliphatic rings. The van der Waals surface area contributed by atoms with E-state index in [0.717, 1.165) is 39.0 Å². The molecule has 0 bridgehead atoms. The Balaban J connectivity index is 1.43. The van der Waals surface area contributed by atoms with E-state index >= 15 is 0 Å². The monoisotopic (exact) mass is 475 g/mol. The highest BCUT2D eigenvalue weighted by Gasteiger charge is 2.34. The fraction of sp³-hybridized carbons (Fsp3) is 0.217. The molecule has 33 heavy (non-hydrogen) atoms. The molecule has 1 amide bonds. The molecule has 1 aromatic heterocycles. The summed E-state index contributed by atoms with van der Waals surface area (Å²) in [6.45, 7) is 0.256. The van der Waals surface area contributed by atoms with E-state index in [1.54, 1.807) is 12.3 Å². The third-order valence-corrected chi connectivity index (χ3v) is 7.31. The summed E-state index contributed by atoms with van der Waals surface area (Å²) in [6, 6.07) is 13.1. The number of hydrogen-bond acceptors (Lipinski definition) is 4. The lowest BCUT2D eigenvalue weighted by molar-refractivity contribution is -0.137. The van der Waals surface area contributed by atoms with Crippen LogP contribution in [0.3, 0.4) is 0 Å². The molecule has 0 spiro atoms. The average molecular weight is 475 g/mol. The van der Waals surface area contributed by atoms with Gasteiger partial charge in [-0.2, -0.15) is 17.5 Å². The molecule has 1 aliphatic heterocycles. The topological polar surface area (TPSA) is 70.6 Å². The van der Waals surface area contributed by atoms with Gasteiger partial charge < -0.3 is 4.90 Å². The second-order valence-electron chi connectivity index (χ2n) is 7.51. The average Bonchev–Trinajstić information content (AvgIpc) is 2.82. The molecule has 4 rings (SSSR count). The van der Waals surface area contributed by atoms with E-state index in [1.165, 1.54) is 11.0 Å². The van der Waals surface area contributed by atoms with Gasteiger partial charge in [0.1, 0.15) is 0 Å². The molecule has 1 fully saturated rings. The van der Waals surface area contributed by atoms with Crippen molar-refractivity contribution in [2.45, 2.75) is 11.1 Å². The molecule has 6 nitrogen and oxygen atoms in total. The largest absolute Gasteiger partial charge is 0.416 e. The van der Waals surface area contributed by atoms with Crippen molar-refractivity contribution in [2.24, 2.45) is 0 Å². The predicted octanol–water partition coefficient (Wildman–Crippen LogP) is 3.80. The van der Waals surface area contributed by atoms with Crippen LogP contribution in [0, 0.1) is 0 Å². The summed E-state index contributed by atoms with van der Waals surface area (Å²) >= 11 is 0. The van der Waals surface area contributed by atoms with E-state index in [2.05, 4.69) is 4.98 Å². The Morgan fingerprint density at radius 1 is 0.970 bits per heavy atom. The molecular formula is C23H20F3N3O3S. The number of amides is 1. The zero-order valence-electron chi connectivity index (χ0n) is 17.4. The molecular weight excluding hydrogens is 455 g/mol. The molecule has 2 aromatic carbocycles. The summed E-state index contributed by atoms with van der Waals surface area (Å²) in [6.07, 6.45) is 0.123. The van der Waals surface area contributed by atoms with Crippen LogP contribution in [0.25, 0.3) is 17.0 Å². The Morgan fingerprint density at radius 2 is 1.67 bits per heavy atom. The highest BCUT2D eigenvalue weighted by molar-refractivity contribution is 7.89. The molecule has 0 atom stereocenters. The molecule has 10 heteroatoms. The number of hydrogen-bond donors (Lipinski definition) is 0. The van der Waals surface area contributed by atoms with Crippen molar-refractivity contribution in [1.29, 1.82) is 0 Å². The first-order chi connectivity index (χ1) is 15.7. The van der Waals surface area contributed by atoms with Crippen LogP contribution in [0.15, 0.2) is 71.8 Å². The lowest BCUT2D eigenvalue weighted by atomic mass is 10.1. The first-order valence-corrected chi connectivity index (χ1v) is 11.6. The van der Waals surface area contributed by atoms with Crippen LogP contribution in [0.1, 0.15) is 11.1 Å². The van der Waals surface area contributed by atoms with Gasteiger partial charge in [-0.3, -0.25) is 9.78 Å². The number of para-hydroxylation sites is 1. The predicted molar refractivity (Wildman–Crippen MR) is 118 cm³/mol. The summed E-state index contributed by atoms with van der Waals surface area (Å²) in [5, 5.41) is 0.945. The van der Waals surface area contributed by atoms with Crippen molar-refractivity contribution in [3.63, 3.8) is 0 Å². The van der Waals surface area contributed by atoms with Gasteiger partial charge in [-0.1, -0.05) is 30.3 Å². The normalized spacial score (nSPS) is 15.9. The van der Waals surface area contributed by atoms with E-state index in [4.69, 9.17) is 0 Å². The molecule has 0 radical (unpaired) electrons. The van der Waals surface area contributed by atoms with Crippen LogP contribution < -0.4 is 0 Å². The maximum Gasteiger partial charge on any atom is 0.416 e. The van der Waals surface area contributed by atoms with Crippen LogP contribution in [-0.4, -0.2) is 54.7 Å². The lowest BCUT2D eigenvalue weighted by Crippen LogP contribution is -2.50. The Morgan fingerprint density at radius 3 is 2.39 bits per heavy atom. The Hall–Kier alpha value is -3.24. The number of halogens is 3. The van der Waals surface area contributed by atoms with Gasteiger partial charge in [-0.05, 0) is 30.3 Å². The number of carbonyl (C=O) groups excluding carboxylic acids is 1. The molecule has 0 saturated carbocycles. The molecule has 0 N–H and O–H groups in total. The molecule has 0 unspecified atom stereocenters. The minimum Gasteiger partial charge on any atom is -0.337 e. The zero-order chi connectivity index (χ0) is 23.6. The van der Waals surface area contributed by atoms with Crippen LogP contribution in [0.4, 0.5) is 13.2 Å². The van der Waals surface area contributed by atoms with E-state index in [1.807, 2.05) is 30.3 Å². The number of benzene rings is 2. The SMILES string of the molecule is O=C(/C=C/c1cccc2cccnc12)N1CCN(S(=O)(=O)c2cccc(C(F)(F)F)c2)CC1. The Bertz CT molecular complexity index is 1310. The third kappa shape index (κ3) is 4.91.